The number of hydrogen-bond donors (Lipinski definition) is 2. The van der Waals surface area contributed by atoms with E-state index in [4.69, 9.17) is 4.74 Å². The molecule has 0 spiro atoms. The van der Waals surface area contributed by atoms with Crippen molar-refractivity contribution in [3.8, 4) is 5.75 Å². The SMILES string of the molecule is O=C(CC1CC1)NCc1cc(Br)cc2c1OCCNC2. The predicted molar refractivity (Wildman–Crippen MR) is 80.5 cm³/mol. The Balaban J connectivity index is 1.70. The van der Waals surface area contributed by atoms with Crippen LogP contribution in [0.1, 0.15) is 30.4 Å². The Labute approximate surface area is 127 Å². The van der Waals surface area contributed by atoms with Crippen LogP contribution in [0.4, 0.5) is 0 Å². The van der Waals surface area contributed by atoms with Crippen molar-refractivity contribution in [1.82, 2.24) is 10.6 Å². The Morgan fingerprint density at radius 3 is 3.10 bits per heavy atom. The molecule has 1 saturated carbocycles. The summed E-state index contributed by atoms with van der Waals surface area (Å²) < 4.78 is 6.85. The number of benzene rings is 1. The molecule has 0 aromatic heterocycles. The van der Waals surface area contributed by atoms with Crippen LogP contribution in [0.3, 0.4) is 0 Å². The van der Waals surface area contributed by atoms with Crippen LogP contribution < -0.4 is 15.4 Å². The first-order chi connectivity index (χ1) is 9.72. The van der Waals surface area contributed by atoms with Gasteiger partial charge in [-0.1, -0.05) is 15.9 Å². The number of halogens is 1. The van der Waals surface area contributed by atoms with E-state index in [-0.39, 0.29) is 5.91 Å². The topological polar surface area (TPSA) is 50.4 Å². The van der Waals surface area contributed by atoms with Crippen molar-refractivity contribution in [2.45, 2.75) is 32.4 Å². The molecule has 1 amide bonds. The monoisotopic (exact) mass is 338 g/mol. The molecule has 1 aliphatic heterocycles. The number of hydrogen-bond acceptors (Lipinski definition) is 3. The quantitative estimate of drug-likeness (QED) is 0.885. The maximum Gasteiger partial charge on any atom is 0.220 e. The summed E-state index contributed by atoms with van der Waals surface area (Å²) in [6.45, 7) is 2.85. The number of nitrogens with one attached hydrogen (secondary N) is 2. The van der Waals surface area contributed by atoms with Crippen LogP contribution in [-0.4, -0.2) is 19.1 Å². The maximum atomic E-state index is 11.8. The molecule has 1 aliphatic carbocycles. The molecule has 1 aromatic rings. The number of carbonyl (C=O) groups excluding carboxylic acids is 1. The fourth-order valence-corrected chi connectivity index (χ4v) is 3.01. The first-order valence-electron chi connectivity index (χ1n) is 7.14. The molecule has 20 heavy (non-hydrogen) atoms. The molecule has 0 unspecified atom stereocenters. The molecule has 1 fully saturated rings. The van der Waals surface area contributed by atoms with Crippen molar-refractivity contribution in [1.29, 1.82) is 0 Å². The van der Waals surface area contributed by atoms with Crippen molar-refractivity contribution in [3.63, 3.8) is 0 Å². The zero-order chi connectivity index (χ0) is 13.9. The minimum absolute atomic E-state index is 0.146. The van der Waals surface area contributed by atoms with Crippen LogP contribution in [0.25, 0.3) is 0 Å². The van der Waals surface area contributed by atoms with Gasteiger partial charge in [0, 0.05) is 41.7 Å². The van der Waals surface area contributed by atoms with E-state index >= 15 is 0 Å². The number of amides is 1. The summed E-state index contributed by atoms with van der Waals surface area (Å²) in [5.41, 5.74) is 2.19. The van der Waals surface area contributed by atoms with E-state index in [9.17, 15) is 4.79 Å². The highest BCUT2D eigenvalue weighted by atomic mass is 79.9. The van der Waals surface area contributed by atoms with Crippen LogP contribution in [0.15, 0.2) is 16.6 Å². The minimum atomic E-state index is 0.146. The third-order valence-corrected chi connectivity index (χ3v) is 4.15. The number of ether oxygens (including phenoxy) is 1. The lowest BCUT2D eigenvalue weighted by molar-refractivity contribution is -0.121. The van der Waals surface area contributed by atoms with E-state index in [0.717, 1.165) is 34.4 Å². The molecule has 0 bridgehead atoms. The van der Waals surface area contributed by atoms with Crippen molar-refractivity contribution < 1.29 is 9.53 Å². The van der Waals surface area contributed by atoms with Gasteiger partial charge in [-0.15, -0.1) is 0 Å². The molecule has 5 heteroatoms. The van der Waals surface area contributed by atoms with Crippen molar-refractivity contribution in [2.24, 2.45) is 5.92 Å². The highest BCUT2D eigenvalue weighted by molar-refractivity contribution is 9.10. The second kappa shape index (κ2) is 6.14. The van der Waals surface area contributed by atoms with Crippen LogP contribution in [0.5, 0.6) is 5.75 Å². The highest BCUT2D eigenvalue weighted by Crippen LogP contribution is 2.32. The number of fused-ring (bicyclic) bond motifs is 1. The molecule has 2 aliphatic rings. The summed E-state index contributed by atoms with van der Waals surface area (Å²) >= 11 is 3.53. The molecule has 108 valence electrons. The number of rotatable bonds is 4. The zero-order valence-electron chi connectivity index (χ0n) is 11.4. The molecule has 1 aromatic carbocycles. The van der Waals surface area contributed by atoms with Gasteiger partial charge in [-0.3, -0.25) is 4.79 Å². The second-order valence-electron chi connectivity index (χ2n) is 5.50. The smallest absolute Gasteiger partial charge is 0.220 e. The fraction of sp³-hybridized carbons (Fsp3) is 0.533. The average Bonchev–Trinajstić information content (AvgIpc) is 3.22. The standard InChI is InChI=1S/C15H19BrN2O2/c16-13-6-11-8-17-3-4-20-15(11)12(7-13)9-18-14(19)5-10-1-2-10/h6-7,10,17H,1-5,8-9H2,(H,18,19). The van der Waals surface area contributed by atoms with Crippen LogP contribution in [-0.2, 0) is 17.9 Å². The van der Waals surface area contributed by atoms with E-state index in [2.05, 4.69) is 32.6 Å². The van der Waals surface area contributed by atoms with Gasteiger partial charge in [0.25, 0.3) is 0 Å². The number of carbonyl (C=O) groups is 1. The van der Waals surface area contributed by atoms with Gasteiger partial charge in [-0.2, -0.15) is 0 Å². The van der Waals surface area contributed by atoms with E-state index in [1.165, 1.54) is 12.8 Å². The van der Waals surface area contributed by atoms with E-state index in [1.807, 2.05) is 6.07 Å². The van der Waals surface area contributed by atoms with Gasteiger partial charge in [-0.05, 0) is 30.9 Å². The van der Waals surface area contributed by atoms with Crippen LogP contribution in [0.2, 0.25) is 0 Å². The summed E-state index contributed by atoms with van der Waals surface area (Å²) in [5, 5.41) is 6.33. The Morgan fingerprint density at radius 1 is 1.45 bits per heavy atom. The molecule has 4 nitrogen and oxygen atoms in total. The van der Waals surface area contributed by atoms with E-state index < -0.39 is 0 Å². The Kier molecular flexibility index (Phi) is 4.27. The summed E-state index contributed by atoms with van der Waals surface area (Å²) in [5.74, 6) is 1.69. The largest absolute Gasteiger partial charge is 0.492 e. The highest BCUT2D eigenvalue weighted by Gasteiger charge is 2.24. The minimum Gasteiger partial charge on any atom is -0.492 e. The average molecular weight is 339 g/mol. The first-order valence-corrected chi connectivity index (χ1v) is 7.93. The van der Waals surface area contributed by atoms with Gasteiger partial charge in [0.2, 0.25) is 5.91 Å². The van der Waals surface area contributed by atoms with E-state index in [1.54, 1.807) is 0 Å². The molecule has 2 N–H and O–H groups in total. The van der Waals surface area contributed by atoms with E-state index in [0.29, 0.717) is 25.5 Å². The van der Waals surface area contributed by atoms with Crippen LogP contribution in [0, 0.1) is 5.92 Å². The summed E-state index contributed by atoms with van der Waals surface area (Å²) in [7, 11) is 0. The third kappa shape index (κ3) is 3.52. The molecule has 0 saturated heterocycles. The molecule has 0 radical (unpaired) electrons. The van der Waals surface area contributed by atoms with Crippen molar-refractivity contribution in [3.05, 3.63) is 27.7 Å². The molecular formula is C15H19BrN2O2. The first kappa shape index (κ1) is 13.9. The molecule has 3 rings (SSSR count). The van der Waals surface area contributed by atoms with Gasteiger partial charge in [0.15, 0.2) is 0 Å². The van der Waals surface area contributed by atoms with Gasteiger partial charge in [-0.25, -0.2) is 0 Å². The van der Waals surface area contributed by atoms with Crippen molar-refractivity contribution >= 4 is 21.8 Å². The maximum absolute atomic E-state index is 11.8. The molecule has 1 heterocycles. The lowest BCUT2D eigenvalue weighted by atomic mass is 10.1. The van der Waals surface area contributed by atoms with Gasteiger partial charge >= 0.3 is 0 Å². The van der Waals surface area contributed by atoms with Crippen LogP contribution >= 0.6 is 15.9 Å². The lowest BCUT2D eigenvalue weighted by Crippen LogP contribution is -2.23. The van der Waals surface area contributed by atoms with Crippen molar-refractivity contribution in [2.75, 3.05) is 13.2 Å². The normalized spacial score (nSPS) is 17.9. The fourth-order valence-electron chi connectivity index (χ4n) is 2.46. The third-order valence-electron chi connectivity index (χ3n) is 3.70. The molecular weight excluding hydrogens is 320 g/mol. The predicted octanol–water partition coefficient (Wildman–Crippen LogP) is 2.35. The summed E-state index contributed by atoms with van der Waals surface area (Å²) in [4.78, 5) is 11.8. The Hall–Kier alpha value is -1.07. The lowest BCUT2D eigenvalue weighted by Gasteiger charge is -2.14. The molecule has 0 atom stereocenters. The van der Waals surface area contributed by atoms with Gasteiger partial charge in [0.1, 0.15) is 12.4 Å². The summed E-state index contributed by atoms with van der Waals surface area (Å²) in [6.07, 6.45) is 3.07. The van der Waals surface area contributed by atoms with Gasteiger partial charge in [0.05, 0.1) is 0 Å². The van der Waals surface area contributed by atoms with Gasteiger partial charge < -0.3 is 15.4 Å². The Morgan fingerprint density at radius 2 is 2.30 bits per heavy atom. The second-order valence-corrected chi connectivity index (χ2v) is 6.42. The zero-order valence-corrected chi connectivity index (χ0v) is 13.0. The Bertz CT molecular complexity index is 515. The summed E-state index contributed by atoms with van der Waals surface area (Å²) in [6, 6.07) is 4.10.